The molecule has 14 aromatic rings. The summed E-state index contributed by atoms with van der Waals surface area (Å²) in [6.45, 7) is 12.4. The van der Waals surface area contributed by atoms with Crippen molar-refractivity contribution in [2.45, 2.75) is 41.5 Å². The smallest absolute Gasteiger partial charge is 0.195 e. The molecule has 0 bridgehead atoms. The second kappa shape index (κ2) is 15.1. The molecule has 14 rings (SSSR count). The van der Waals surface area contributed by atoms with Crippen LogP contribution in [-0.2, 0) is 0 Å². The van der Waals surface area contributed by atoms with Crippen molar-refractivity contribution in [3.63, 3.8) is 0 Å². The summed E-state index contributed by atoms with van der Waals surface area (Å²) < 4.78 is 3.98. The van der Waals surface area contributed by atoms with Gasteiger partial charge in [0.05, 0.1) is 0 Å². The van der Waals surface area contributed by atoms with E-state index in [0.717, 1.165) is 114 Å². The van der Waals surface area contributed by atoms with Crippen LogP contribution in [0.4, 0.5) is 0 Å². The minimum atomic E-state index is 0.0543. The second-order valence-corrected chi connectivity index (χ2v) is 24.8. The van der Waals surface area contributed by atoms with Crippen molar-refractivity contribution in [1.29, 1.82) is 0 Å². The number of thiophene rings is 6. The minimum Gasteiger partial charge on any atom is -0.289 e. The van der Waals surface area contributed by atoms with Gasteiger partial charge in [-0.15, -0.1) is 68.0 Å². The zero-order valence-corrected chi connectivity index (χ0v) is 42.4. The first-order chi connectivity index (χ1) is 32.8. The van der Waals surface area contributed by atoms with Gasteiger partial charge in [0.1, 0.15) is 0 Å². The number of benzene rings is 4. The molecule has 0 saturated heterocycles. The predicted octanol–water partition coefficient (Wildman–Crippen LogP) is 16.7. The Labute approximate surface area is 412 Å². The summed E-state index contributed by atoms with van der Waals surface area (Å²) in [6.07, 6.45) is 0. The molecule has 4 nitrogen and oxygen atoms in total. The van der Waals surface area contributed by atoms with Gasteiger partial charge in [-0.1, -0.05) is 59.7 Å². The lowest BCUT2D eigenvalue weighted by Gasteiger charge is -2.05. The number of rotatable bonds is 4. The zero-order chi connectivity index (χ0) is 46.6. The van der Waals surface area contributed by atoms with Crippen LogP contribution in [0, 0.1) is 41.5 Å². The van der Waals surface area contributed by atoms with Crippen LogP contribution < -0.4 is 21.7 Å². The molecule has 0 aliphatic heterocycles. The Morgan fingerprint density at radius 2 is 0.632 bits per heavy atom. The molecule has 0 N–H and O–H groups in total. The van der Waals surface area contributed by atoms with E-state index in [0.29, 0.717) is 10.8 Å². The van der Waals surface area contributed by atoms with Crippen LogP contribution in [-0.4, -0.2) is 0 Å². The first kappa shape index (κ1) is 41.9. The van der Waals surface area contributed by atoms with E-state index in [1.54, 1.807) is 68.0 Å². The fraction of sp³-hybridized carbons (Fsp3) is 0.103. The number of aryl methyl sites for hydroxylation is 6. The van der Waals surface area contributed by atoms with Crippen LogP contribution in [0.2, 0.25) is 0 Å². The van der Waals surface area contributed by atoms with Crippen molar-refractivity contribution in [2.75, 3.05) is 0 Å². The average molecular weight is 989 g/mol. The standard InChI is InChI=1S/C30H18O2S2.C28H18O2S4/c1-15-3-7-17(8-4-15)25-13-23-27(31)19-12-22-20(11-21(19)29(23)33-25)28(32)24-14-26(34-30(22)24)18-9-5-16(2)6-10-18;1-11-5-7-17(31-11)19-9-15-25(29)21-14(4)24-22(13(3)23(21)27(15)33-19)26(30)16-10-20(34-28(16)24)18-8-6-12(2)32-18/h3-14H,1-2H3;5-10H,1-4H3. The van der Waals surface area contributed by atoms with Gasteiger partial charge in [-0.05, 0) is 124 Å². The number of fused-ring (bicyclic) bond motifs is 12. The molecular formula is C58H36O4S6. The quantitative estimate of drug-likeness (QED) is 0.176. The maximum Gasteiger partial charge on any atom is 0.195 e. The Morgan fingerprint density at radius 1 is 0.279 bits per heavy atom. The van der Waals surface area contributed by atoms with E-state index in [4.69, 9.17) is 0 Å². The van der Waals surface area contributed by atoms with E-state index in [1.807, 2.05) is 50.2 Å². The third-order valence-corrected chi connectivity index (χ3v) is 20.7. The lowest BCUT2D eigenvalue weighted by Crippen LogP contribution is -2.00. The van der Waals surface area contributed by atoms with Gasteiger partial charge < -0.3 is 0 Å². The van der Waals surface area contributed by atoms with Crippen LogP contribution in [0.5, 0.6) is 0 Å². The molecule has 0 saturated carbocycles. The van der Waals surface area contributed by atoms with Crippen molar-refractivity contribution in [3.8, 4) is 40.4 Å². The van der Waals surface area contributed by atoms with Crippen LogP contribution in [0.15, 0.2) is 128 Å². The molecular weight excluding hydrogens is 953 g/mol. The maximum atomic E-state index is 13.7. The zero-order valence-electron chi connectivity index (χ0n) is 37.5. The highest BCUT2D eigenvalue weighted by Gasteiger charge is 2.26. The summed E-state index contributed by atoms with van der Waals surface area (Å²) in [6, 6.07) is 37.2. The van der Waals surface area contributed by atoms with Gasteiger partial charge in [-0.3, -0.25) is 19.2 Å². The molecule has 68 heavy (non-hydrogen) atoms. The fourth-order valence-corrected chi connectivity index (χ4v) is 17.0. The normalized spacial score (nSPS) is 12.2. The lowest BCUT2D eigenvalue weighted by molar-refractivity contribution is 1.48. The Hall–Kier alpha value is -6.24. The molecule has 0 aliphatic carbocycles. The molecule has 0 fully saturated rings. The minimum absolute atomic E-state index is 0.0543. The maximum absolute atomic E-state index is 13.7. The highest BCUT2D eigenvalue weighted by Crippen LogP contribution is 2.47. The van der Waals surface area contributed by atoms with Crippen molar-refractivity contribution < 1.29 is 0 Å². The topological polar surface area (TPSA) is 68.3 Å². The van der Waals surface area contributed by atoms with Crippen LogP contribution in [0.3, 0.4) is 0 Å². The summed E-state index contributed by atoms with van der Waals surface area (Å²) in [4.78, 5) is 63.4. The van der Waals surface area contributed by atoms with Gasteiger partial charge in [0.25, 0.3) is 0 Å². The molecule has 6 aromatic heterocycles. The third kappa shape index (κ3) is 6.11. The largest absolute Gasteiger partial charge is 0.289 e. The van der Waals surface area contributed by atoms with Gasteiger partial charge in [0, 0.05) is 122 Å². The van der Waals surface area contributed by atoms with Gasteiger partial charge in [0.15, 0.2) is 21.7 Å². The van der Waals surface area contributed by atoms with Crippen molar-refractivity contribution >= 4 is 151 Å². The Balaban J connectivity index is 0.000000134. The average Bonchev–Trinajstić information content (AvgIpc) is 4.19. The molecule has 0 radical (unpaired) electrons. The molecule has 0 amide bonds. The van der Waals surface area contributed by atoms with Crippen LogP contribution in [0.25, 0.3) is 124 Å². The fourth-order valence-electron chi connectivity index (χ4n) is 10.2. The molecule has 0 atom stereocenters. The summed E-state index contributed by atoms with van der Waals surface area (Å²) >= 11 is 10.1. The highest BCUT2D eigenvalue weighted by atomic mass is 32.1. The Kier molecular flexibility index (Phi) is 9.32. The molecule has 328 valence electrons. The van der Waals surface area contributed by atoms with Crippen molar-refractivity contribution in [1.82, 2.24) is 0 Å². The molecule has 10 heteroatoms. The van der Waals surface area contributed by atoms with Crippen LogP contribution in [0.1, 0.15) is 32.0 Å². The van der Waals surface area contributed by atoms with Gasteiger partial charge >= 0.3 is 0 Å². The first-order valence-corrected chi connectivity index (χ1v) is 27.1. The molecule has 0 aliphatic rings. The summed E-state index contributed by atoms with van der Waals surface area (Å²) in [5.74, 6) is 0. The SMILES string of the molecule is Cc1ccc(-c2cc3c(=O)c4c(C)c5c(c(C)c4c3s2)c(=O)c2cc(-c3ccc(C)s3)sc25)s1.Cc1ccc(-c2cc3c(=O)c4cc5c(cc4c3s2)c(=O)c2cc(-c3ccc(C)cc3)sc25)cc1. The molecule has 6 heterocycles. The Morgan fingerprint density at radius 3 is 1.00 bits per heavy atom. The lowest BCUT2D eigenvalue weighted by atomic mass is 9.99. The van der Waals surface area contributed by atoms with Crippen molar-refractivity contribution in [3.05, 3.63) is 182 Å². The van der Waals surface area contributed by atoms with E-state index in [1.165, 1.54) is 30.6 Å². The predicted molar refractivity (Wildman–Crippen MR) is 300 cm³/mol. The van der Waals surface area contributed by atoms with Crippen molar-refractivity contribution in [2.24, 2.45) is 0 Å². The van der Waals surface area contributed by atoms with E-state index >= 15 is 0 Å². The highest BCUT2D eigenvalue weighted by molar-refractivity contribution is 7.28. The third-order valence-electron chi connectivity index (χ3n) is 13.6. The monoisotopic (exact) mass is 988 g/mol. The van der Waals surface area contributed by atoms with Crippen LogP contribution >= 0.6 is 68.0 Å². The first-order valence-electron chi connectivity index (χ1n) is 22.2. The van der Waals surface area contributed by atoms with E-state index in [-0.39, 0.29) is 21.7 Å². The molecule has 0 unspecified atom stereocenters. The number of hydrogen-bond acceptors (Lipinski definition) is 10. The summed E-state index contributed by atoms with van der Waals surface area (Å²) in [7, 11) is 0. The number of hydrogen-bond donors (Lipinski definition) is 0. The van der Waals surface area contributed by atoms with Gasteiger partial charge in [-0.25, -0.2) is 0 Å². The van der Waals surface area contributed by atoms with E-state index in [2.05, 4.69) is 100 Å². The van der Waals surface area contributed by atoms with E-state index in [9.17, 15) is 19.2 Å². The Bertz CT molecular complexity index is 4340. The van der Waals surface area contributed by atoms with E-state index < -0.39 is 0 Å². The molecule has 0 spiro atoms. The van der Waals surface area contributed by atoms with Gasteiger partial charge in [0.2, 0.25) is 0 Å². The molecule has 8 aromatic carbocycles. The van der Waals surface area contributed by atoms with Gasteiger partial charge in [-0.2, -0.15) is 0 Å². The summed E-state index contributed by atoms with van der Waals surface area (Å²) in [5.41, 5.74) is 6.83. The second-order valence-electron chi connectivity index (χ2n) is 18.0. The summed E-state index contributed by atoms with van der Waals surface area (Å²) in [5, 5.41) is 9.78.